The summed E-state index contributed by atoms with van der Waals surface area (Å²) in [5.74, 6) is 0.798. The summed E-state index contributed by atoms with van der Waals surface area (Å²) in [6.07, 6.45) is 8.99. The van der Waals surface area contributed by atoms with Crippen molar-refractivity contribution in [3.05, 3.63) is 17.5 Å². The van der Waals surface area contributed by atoms with E-state index in [1.54, 1.807) is 0 Å². The highest BCUT2D eigenvalue weighted by Crippen LogP contribution is 2.35. The van der Waals surface area contributed by atoms with Crippen LogP contribution in [0, 0.1) is 12.8 Å². The van der Waals surface area contributed by atoms with Crippen molar-refractivity contribution in [2.24, 2.45) is 13.0 Å². The first-order valence-electron chi connectivity index (χ1n) is 6.96. The molecule has 1 atom stereocenters. The van der Waals surface area contributed by atoms with E-state index in [1.807, 2.05) is 11.7 Å². The summed E-state index contributed by atoms with van der Waals surface area (Å²) in [5.41, 5.74) is 2.71. The van der Waals surface area contributed by atoms with Crippen LogP contribution in [-0.4, -0.2) is 16.3 Å². The average molecular weight is 235 g/mol. The molecule has 2 rings (SSSR count). The second kappa shape index (κ2) is 5.67. The number of hydrogen-bond donors (Lipinski definition) is 1. The minimum Gasteiger partial charge on any atom is -0.310 e. The third kappa shape index (κ3) is 2.71. The Balaban J connectivity index is 2.18. The van der Waals surface area contributed by atoms with Crippen molar-refractivity contribution in [3.8, 4) is 0 Å². The fourth-order valence-electron chi connectivity index (χ4n) is 3.04. The van der Waals surface area contributed by atoms with Crippen LogP contribution in [0.25, 0.3) is 0 Å². The van der Waals surface area contributed by atoms with E-state index in [-0.39, 0.29) is 0 Å². The zero-order valence-corrected chi connectivity index (χ0v) is 11.4. The number of hydrogen-bond acceptors (Lipinski definition) is 2. The molecule has 0 saturated heterocycles. The molecule has 0 aromatic carbocycles. The van der Waals surface area contributed by atoms with Gasteiger partial charge in [0.25, 0.3) is 0 Å². The maximum absolute atomic E-state index is 4.39. The molecule has 1 aliphatic carbocycles. The van der Waals surface area contributed by atoms with Crippen molar-refractivity contribution in [1.29, 1.82) is 0 Å². The third-order valence-electron chi connectivity index (χ3n) is 4.15. The Hall–Kier alpha value is -0.830. The van der Waals surface area contributed by atoms with Gasteiger partial charge in [0.1, 0.15) is 0 Å². The summed E-state index contributed by atoms with van der Waals surface area (Å²) in [6, 6.07) is 0.508. The van der Waals surface area contributed by atoms with Crippen LogP contribution in [0.5, 0.6) is 0 Å². The molecule has 1 unspecified atom stereocenters. The van der Waals surface area contributed by atoms with Crippen molar-refractivity contribution < 1.29 is 0 Å². The molecule has 0 amide bonds. The van der Waals surface area contributed by atoms with E-state index >= 15 is 0 Å². The fraction of sp³-hybridized carbons (Fsp3) is 0.786. The van der Waals surface area contributed by atoms with Gasteiger partial charge in [-0.3, -0.25) is 4.68 Å². The van der Waals surface area contributed by atoms with Crippen molar-refractivity contribution >= 4 is 0 Å². The third-order valence-corrected chi connectivity index (χ3v) is 4.15. The first-order chi connectivity index (χ1) is 8.24. The van der Waals surface area contributed by atoms with Gasteiger partial charge in [-0.15, -0.1) is 0 Å². The molecule has 3 heteroatoms. The van der Waals surface area contributed by atoms with Gasteiger partial charge < -0.3 is 5.32 Å². The van der Waals surface area contributed by atoms with Crippen LogP contribution in [0.2, 0.25) is 0 Å². The van der Waals surface area contributed by atoms with Crippen LogP contribution in [0.3, 0.4) is 0 Å². The molecule has 1 heterocycles. The van der Waals surface area contributed by atoms with Crippen molar-refractivity contribution in [1.82, 2.24) is 15.1 Å². The highest BCUT2D eigenvalue weighted by molar-refractivity contribution is 5.21. The van der Waals surface area contributed by atoms with E-state index in [2.05, 4.69) is 30.5 Å². The van der Waals surface area contributed by atoms with E-state index in [1.165, 1.54) is 43.4 Å². The number of rotatable bonds is 4. The molecule has 1 aliphatic rings. The molecule has 3 nitrogen and oxygen atoms in total. The van der Waals surface area contributed by atoms with E-state index in [0.29, 0.717) is 6.04 Å². The second-order valence-corrected chi connectivity index (χ2v) is 5.24. The Morgan fingerprint density at radius 2 is 2.12 bits per heavy atom. The van der Waals surface area contributed by atoms with Gasteiger partial charge in [0.2, 0.25) is 0 Å². The first-order valence-corrected chi connectivity index (χ1v) is 6.96. The molecule has 1 aromatic rings. The van der Waals surface area contributed by atoms with Gasteiger partial charge in [-0.1, -0.05) is 26.2 Å². The molecule has 0 aliphatic heterocycles. The summed E-state index contributed by atoms with van der Waals surface area (Å²) >= 11 is 0. The highest BCUT2D eigenvalue weighted by Gasteiger charge is 2.26. The molecular weight excluding hydrogens is 210 g/mol. The summed E-state index contributed by atoms with van der Waals surface area (Å²) in [5, 5.41) is 8.06. The topological polar surface area (TPSA) is 29.9 Å². The van der Waals surface area contributed by atoms with Gasteiger partial charge in [0.05, 0.1) is 6.20 Å². The number of nitrogens with zero attached hydrogens (tertiary/aromatic N) is 2. The maximum Gasteiger partial charge on any atom is 0.0540 e. The Bertz CT molecular complexity index is 350. The monoisotopic (exact) mass is 235 g/mol. The Morgan fingerprint density at radius 3 is 2.65 bits per heavy atom. The molecule has 0 bridgehead atoms. The van der Waals surface area contributed by atoms with Gasteiger partial charge in [-0.25, -0.2) is 0 Å². The Morgan fingerprint density at radius 1 is 1.41 bits per heavy atom. The lowest BCUT2D eigenvalue weighted by molar-refractivity contribution is 0.273. The smallest absolute Gasteiger partial charge is 0.0540 e. The molecular formula is C14H25N3. The first kappa shape index (κ1) is 12.6. The lowest BCUT2D eigenvalue weighted by Crippen LogP contribution is -2.30. The molecule has 1 saturated carbocycles. The lowest BCUT2D eigenvalue weighted by Gasteiger charge is -2.30. The van der Waals surface area contributed by atoms with Crippen LogP contribution in [0.1, 0.15) is 56.3 Å². The summed E-state index contributed by atoms with van der Waals surface area (Å²) in [4.78, 5) is 0. The van der Waals surface area contributed by atoms with Crippen LogP contribution >= 0.6 is 0 Å². The van der Waals surface area contributed by atoms with Crippen LogP contribution in [0.4, 0.5) is 0 Å². The SMILES string of the molecule is CCNC(c1cnn(C)c1C)C1CCCCC1. The van der Waals surface area contributed by atoms with E-state index < -0.39 is 0 Å². The number of aryl methyl sites for hydroxylation is 1. The molecule has 1 N–H and O–H groups in total. The van der Waals surface area contributed by atoms with Crippen LogP contribution in [-0.2, 0) is 7.05 Å². The molecule has 96 valence electrons. The van der Waals surface area contributed by atoms with Crippen molar-refractivity contribution in [2.45, 2.75) is 52.0 Å². The normalized spacial score (nSPS) is 19.5. The van der Waals surface area contributed by atoms with Crippen molar-refractivity contribution in [3.63, 3.8) is 0 Å². The minimum atomic E-state index is 0.508. The largest absolute Gasteiger partial charge is 0.310 e. The second-order valence-electron chi connectivity index (χ2n) is 5.24. The van der Waals surface area contributed by atoms with Gasteiger partial charge >= 0.3 is 0 Å². The predicted octanol–water partition coefficient (Wildman–Crippen LogP) is 2.96. The van der Waals surface area contributed by atoms with Gasteiger partial charge in [0.15, 0.2) is 0 Å². The van der Waals surface area contributed by atoms with Crippen LogP contribution in [0.15, 0.2) is 6.20 Å². The number of aromatic nitrogens is 2. The summed E-state index contributed by atoms with van der Waals surface area (Å²) in [6.45, 7) is 5.41. The Labute approximate surface area is 105 Å². The molecule has 0 radical (unpaired) electrons. The van der Waals surface area contributed by atoms with Crippen LogP contribution < -0.4 is 5.32 Å². The highest BCUT2D eigenvalue weighted by atomic mass is 15.3. The lowest BCUT2D eigenvalue weighted by atomic mass is 9.81. The summed E-state index contributed by atoms with van der Waals surface area (Å²) in [7, 11) is 2.03. The minimum absolute atomic E-state index is 0.508. The maximum atomic E-state index is 4.39. The van der Waals surface area contributed by atoms with E-state index in [9.17, 15) is 0 Å². The predicted molar refractivity (Wildman–Crippen MR) is 70.9 cm³/mol. The van der Waals surface area contributed by atoms with Crippen molar-refractivity contribution in [2.75, 3.05) is 6.54 Å². The number of nitrogens with one attached hydrogen (secondary N) is 1. The Kier molecular flexibility index (Phi) is 4.21. The molecule has 0 spiro atoms. The zero-order valence-electron chi connectivity index (χ0n) is 11.4. The van der Waals surface area contributed by atoms with E-state index in [0.717, 1.165) is 12.5 Å². The van der Waals surface area contributed by atoms with Gasteiger partial charge in [-0.2, -0.15) is 5.10 Å². The average Bonchev–Trinajstić information content (AvgIpc) is 2.69. The van der Waals surface area contributed by atoms with Gasteiger partial charge in [-0.05, 0) is 32.2 Å². The molecule has 17 heavy (non-hydrogen) atoms. The zero-order chi connectivity index (χ0) is 12.3. The fourth-order valence-corrected chi connectivity index (χ4v) is 3.04. The van der Waals surface area contributed by atoms with Gasteiger partial charge in [0, 0.05) is 24.3 Å². The quantitative estimate of drug-likeness (QED) is 0.869. The molecule has 1 fully saturated rings. The van der Waals surface area contributed by atoms with E-state index in [4.69, 9.17) is 0 Å². The standard InChI is InChI=1S/C14H25N3/c1-4-15-14(12-8-6-5-7-9-12)13-10-16-17(3)11(13)2/h10,12,14-15H,4-9H2,1-3H3. The summed E-state index contributed by atoms with van der Waals surface area (Å²) < 4.78 is 1.99. The molecule has 1 aromatic heterocycles.